The molecule has 0 amide bonds. The van der Waals surface area contributed by atoms with Crippen LogP contribution in [0.2, 0.25) is 0 Å². The Balaban J connectivity index is 2.74. The van der Waals surface area contributed by atoms with Crippen molar-refractivity contribution in [1.29, 1.82) is 0 Å². The van der Waals surface area contributed by atoms with Crippen molar-refractivity contribution in [2.75, 3.05) is 12.3 Å². The fraction of sp³-hybridized carbons (Fsp3) is 0.500. The molecule has 1 heterocycles. The maximum Gasteiger partial charge on any atom is 0.456 e. The SMILES string of the molecule is Cc1cc(OCC(F)(F)C(F)(F)F)nc(N)n1. The standard InChI is InChI=1S/C8H8F5N3O/c1-4-2-5(16-6(14)15-4)17-3-7(9,10)8(11,12)13/h2H,3H2,1H3,(H2,14,15,16). The first-order valence-electron chi connectivity index (χ1n) is 4.30. The second-order valence-corrected chi connectivity index (χ2v) is 3.20. The number of alkyl halides is 5. The summed E-state index contributed by atoms with van der Waals surface area (Å²) in [5.74, 6) is -5.64. The van der Waals surface area contributed by atoms with Gasteiger partial charge in [0.05, 0.1) is 0 Å². The van der Waals surface area contributed by atoms with Crippen LogP contribution in [0.3, 0.4) is 0 Å². The molecule has 0 aliphatic heterocycles. The van der Waals surface area contributed by atoms with Crippen molar-refractivity contribution in [3.63, 3.8) is 0 Å². The van der Waals surface area contributed by atoms with Crippen LogP contribution in [0.1, 0.15) is 5.69 Å². The molecule has 1 rings (SSSR count). The van der Waals surface area contributed by atoms with Gasteiger partial charge in [0.2, 0.25) is 11.8 Å². The molecule has 0 saturated heterocycles. The van der Waals surface area contributed by atoms with Crippen molar-refractivity contribution < 1.29 is 26.7 Å². The van der Waals surface area contributed by atoms with Crippen LogP contribution >= 0.6 is 0 Å². The van der Waals surface area contributed by atoms with E-state index in [2.05, 4.69) is 14.7 Å². The van der Waals surface area contributed by atoms with Crippen LogP contribution in [0.4, 0.5) is 27.9 Å². The van der Waals surface area contributed by atoms with Gasteiger partial charge in [-0.15, -0.1) is 0 Å². The van der Waals surface area contributed by atoms with Gasteiger partial charge >= 0.3 is 12.1 Å². The molecule has 9 heteroatoms. The van der Waals surface area contributed by atoms with E-state index in [1.54, 1.807) is 0 Å². The highest BCUT2D eigenvalue weighted by molar-refractivity contribution is 5.25. The number of nitrogen functional groups attached to an aromatic ring is 1. The van der Waals surface area contributed by atoms with E-state index < -0.39 is 24.6 Å². The Hall–Kier alpha value is -1.67. The van der Waals surface area contributed by atoms with Gasteiger partial charge in [-0.05, 0) is 6.92 Å². The molecule has 2 N–H and O–H groups in total. The summed E-state index contributed by atoms with van der Waals surface area (Å²) in [5.41, 5.74) is 5.47. The van der Waals surface area contributed by atoms with Crippen molar-refractivity contribution in [3.05, 3.63) is 11.8 Å². The molecular weight excluding hydrogens is 249 g/mol. The van der Waals surface area contributed by atoms with Gasteiger partial charge < -0.3 is 10.5 Å². The highest BCUT2D eigenvalue weighted by atomic mass is 19.4. The largest absolute Gasteiger partial charge is 0.471 e. The molecule has 0 saturated carbocycles. The highest BCUT2D eigenvalue weighted by Crippen LogP contribution is 2.35. The topological polar surface area (TPSA) is 61.0 Å². The van der Waals surface area contributed by atoms with Gasteiger partial charge in [0.15, 0.2) is 6.61 Å². The molecule has 0 bridgehead atoms. The van der Waals surface area contributed by atoms with Gasteiger partial charge in [-0.1, -0.05) is 0 Å². The van der Waals surface area contributed by atoms with Gasteiger partial charge in [0.25, 0.3) is 0 Å². The van der Waals surface area contributed by atoms with E-state index in [-0.39, 0.29) is 5.95 Å². The molecule has 96 valence electrons. The maximum atomic E-state index is 12.5. The first kappa shape index (κ1) is 13.4. The third-order valence-electron chi connectivity index (χ3n) is 1.66. The molecule has 0 atom stereocenters. The Labute approximate surface area is 92.6 Å². The highest BCUT2D eigenvalue weighted by Gasteiger charge is 2.58. The van der Waals surface area contributed by atoms with Gasteiger partial charge in [-0.2, -0.15) is 26.9 Å². The molecule has 4 nitrogen and oxygen atoms in total. The van der Waals surface area contributed by atoms with Crippen LogP contribution in [0.15, 0.2) is 6.07 Å². The van der Waals surface area contributed by atoms with E-state index in [0.717, 1.165) is 6.07 Å². The molecule has 1 aromatic heterocycles. The molecule has 0 unspecified atom stereocenters. The van der Waals surface area contributed by atoms with Gasteiger partial charge in [-0.25, -0.2) is 4.98 Å². The average molecular weight is 257 g/mol. The summed E-state index contributed by atoms with van der Waals surface area (Å²) in [6.07, 6.45) is -5.67. The summed E-state index contributed by atoms with van der Waals surface area (Å²) in [6.45, 7) is -0.390. The number of hydrogen-bond donors (Lipinski definition) is 1. The van der Waals surface area contributed by atoms with E-state index in [1.807, 2.05) is 0 Å². The number of aromatic nitrogens is 2. The summed E-state index contributed by atoms with van der Waals surface area (Å²) in [6, 6.07) is 1.10. The smallest absolute Gasteiger partial charge is 0.456 e. The van der Waals surface area contributed by atoms with Crippen molar-refractivity contribution in [2.45, 2.75) is 19.0 Å². The predicted molar refractivity (Wildman–Crippen MR) is 47.7 cm³/mol. The fourth-order valence-electron chi connectivity index (χ4n) is 0.882. The Morgan fingerprint density at radius 3 is 2.29 bits per heavy atom. The summed E-state index contributed by atoms with van der Waals surface area (Å²) < 4.78 is 64.7. The lowest BCUT2D eigenvalue weighted by Gasteiger charge is -2.19. The summed E-state index contributed by atoms with van der Waals surface area (Å²) in [4.78, 5) is 6.97. The lowest BCUT2D eigenvalue weighted by Crippen LogP contribution is -2.41. The second-order valence-electron chi connectivity index (χ2n) is 3.20. The van der Waals surface area contributed by atoms with Crippen molar-refractivity contribution in [1.82, 2.24) is 9.97 Å². The zero-order valence-corrected chi connectivity index (χ0v) is 8.55. The third-order valence-corrected chi connectivity index (χ3v) is 1.66. The Bertz CT molecular complexity index is 386. The molecular formula is C8H8F5N3O. The number of nitrogens with two attached hydrogens (primary N) is 1. The van der Waals surface area contributed by atoms with Crippen LogP contribution in [0, 0.1) is 6.92 Å². The molecule has 0 spiro atoms. The number of aryl methyl sites for hydroxylation is 1. The molecule has 0 aliphatic carbocycles. The fourth-order valence-corrected chi connectivity index (χ4v) is 0.882. The van der Waals surface area contributed by atoms with Crippen molar-refractivity contribution >= 4 is 5.95 Å². The van der Waals surface area contributed by atoms with Gasteiger partial charge in [-0.3, -0.25) is 0 Å². The van der Waals surface area contributed by atoms with E-state index in [9.17, 15) is 22.0 Å². The van der Waals surface area contributed by atoms with Crippen molar-refractivity contribution in [2.24, 2.45) is 0 Å². The number of halogens is 5. The van der Waals surface area contributed by atoms with Crippen LogP contribution in [-0.2, 0) is 0 Å². The predicted octanol–water partition coefficient (Wildman–Crippen LogP) is 1.94. The Kier molecular flexibility index (Phi) is 3.39. The number of anilines is 1. The van der Waals surface area contributed by atoms with Crippen LogP contribution in [-0.4, -0.2) is 28.7 Å². The van der Waals surface area contributed by atoms with E-state index >= 15 is 0 Å². The Morgan fingerprint density at radius 1 is 1.24 bits per heavy atom. The lowest BCUT2D eigenvalue weighted by molar-refractivity contribution is -0.290. The van der Waals surface area contributed by atoms with E-state index in [1.165, 1.54) is 6.92 Å². The summed E-state index contributed by atoms with van der Waals surface area (Å²) in [5, 5.41) is 0. The van der Waals surface area contributed by atoms with Gasteiger partial charge in [0.1, 0.15) is 0 Å². The number of ether oxygens (including phenoxy) is 1. The zero-order chi connectivity index (χ0) is 13.3. The van der Waals surface area contributed by atoms with Crippen LogP contribution in [0.25, 0.3) is 0 Å². The monoisotopic (exact) mass is 257 g/mol. The number of nitrogens with zero attached hydrogens (tertiary/aromatic N) is 2. The maximum absolute atomic E-state index is 12.5. The van der Waals surface area contributed by atoms with E-state index in [4.69, 9.17) is 5.73 Å². The van der Waals surface area contributed by atoms with Gasteiger partial charge in [0, 0.05) is 11.8 Å². The minimum Gasteiger partial charge on any atom is -0.471 e. The van der Waals surface area contributed by atoms with Crippen molar-refractivity contribution in [3.8, 4) is 5.88 Å². The van der Waals surface area contributed by atoms with Crippen LogP contribution < -0.4 is 10.5 Å². The quantitative estimate of drug-likeness (QED) is 0.840. The molecule has 0 fully saturated rings. The average Bonchev–Trinajstić information content (AvgIpc) is 2.11. The lowest BCUT2D eigenvalue weighted by atomic mass is 10.3. The summed E-state index contributed by atoms with van der Waals surface area (Å²) >= 11 is 0. The first-order chi connectivity index (χ1) is 7.62. The minimum absolute atomic E-state index is 0.268. The zero-order valence-electron chi connectivity index (χ0n) is 8.55. The normalized spacial score (nSPS) is 12.6. The molecule has 1 aromatic rings. The number of rotatable bonds is 3. The van der Waals surface area contributed by atoms with Crippen LogP contribution in [0.5, 0.6) is 5.88 Å². The minimum atomic E-state index is -5.67. The second kappa shape index (κ2) is 4.30. The summed E-state index contributed by atoms with van der Waals surface area (Å²) in [7, 11) is 0. The third kappa shape index (κ3) is 3.40. The molecule has 0 radical (unpaired) electrons. The number of hydrogen-bond acceptors (Lipinski definition) is 4. The van der Waals surface area contributed by atoms with E-state index in [0.29, 0.717) is 5.69 Å². The first-order valence-corrected chi connectivity index (χ1v) is 4.30. The molecule has 0 aromatic carbocycles. The molecule has 0 aliphatic rings. The Morgan fingerprint density at radius 2 is 1.82 bits per heavy atom. The molecule has 17 heavy (non-hydrogen) atoms.